The molecule has 2 aliphatic rings. The van der Waals surface area contributed by atoms with Gasteiger partial charge in [0.15, 0.2) is 0 Å². The first-order valence-electron chi connectivity index (χ1n) is 7.27. The van der Waals surface area contributed by atoms with Gasteiger partial charge in [-0.2, -0.15) is 0 Å². The molecular weight excluding hydrogens is 286 g/mol. The second-order valence-electron chi connectivity index (χ2n) is 5.26. The maximum atomic E-state index is 12.4. The number of piperazine rings is 1. The Bertz CT molecular complexity index is 497. The number of carbonyl (C=O) groups is 1. The van der Waals surface area contributed by atoms with Gasteiger partial charge in [-0.3, -0.25) is 10.1 Å². The maximum Gasteiger partial charge on any atom is 0.240 e. The molecule has 1 N–H and O–H groups in total. The first kappa shape index (κ1) is 14.5. The van der Waals surface area contributed by atoms with Crippen LogP contribution >= 0.6 is 11.8 Å². The maximum absolute atomic E-state index is 12.4. The van der Waals surface area contributed by atoms with E-state index in [2.05, 4.69) is 16.3 Å². The van der Waals surface area contributed by atoms with E-state index in [1.54, 1.807) is 18.9 Å². The fourth-order valence-corrected chi connectivity index (χ4v) is 3.77. The number of ether oxygens (including phenoxy) is 1. The normalized spacial score (nSPS) is 22.4. The second-order valence-corrected chi connectivity index (χ2v) is 6.29. The highest BCUT2D eigenvalue weighted by Crippen LogP contribution is 2.28. The number of anilines is 1. The number of benzene rings is 1. The first-order chi connectivity index (χ1) is 10.3. The number of para-hydroxylation sites is 2. The largest absolute Gasteiger partial charge is 0.495 e. The Labute approximate surface area is 129 Å². The van der Waals surface area contributed by atoms with Crippen molar-refractivity contribution in [3.8, 4) is 5.75 Å². The van der Waals surface area contributed by atoms with E-state index < -0.39 is 0 Å². The average molecular weight is 307 g/mol. The predicted octanol–water partition coefficient (Wildman–Crippen LogP) is 1.01. The zero-order valence-electron chi connectivity index (χ0n) is 12.2. The van der Waals surface area contributed by atoms with Gasteiger partial charge in [0.2, 0.25) is 5.91 Å². The number of hydrogen-bond acceptors (Lipinski definition) is 5. The van der Waals surface area contributed by atoms with Crippen LogP contribution in [0.1, 0.15) is 0 Å². The average Bonchev–Trinajstić information content (AvgIpc) is 3.09. The van der Waals surface area contributed by atoms with E-state index in [4.69, 9.17) is 4.74 Å². The van der Waals surface area contributed by atoms with Crippen LogP contribution in [-0.4, -0.2) is 61.8 Å². The van der Waals surface area contributed by atoms with Gasteiger partial charge in [0, 0.05) is 37.8 Å². The lowest BCUT2D eigenvalue weighted by Crippen LogP contribution is -2.53. The number of methoxy groups -OCH3 is 1. The number of hydrogen-bond donors (Lipinski definition) is 1. The van der Waals surface area contributed by atoms with Crippen molar-refractivity contribution >= 4 is 23.4 Å². The molecule has 0 bridgehead atoms. The number of amides is 1. The Morgan fingerprint density at radius 3 is 2.71 bits per heavy atom. The molecule has 0 aromatic heterocycles. The molecule has 1 unspecified atom stereocenters. The highest BCUT2D eigenvalue weighted by molar-refractivity contribution is 7.99. The third-order valence-electron chi connectivity index (χ3n) is 4.03. The molecule has 1 atom stereocenters. The van der Waals surface area contributed by atoms with E-state index >= 15 is 0 Å². The summed E-state index contributed by atoms with van der Waals surface area (Å²) < 4.78 is 5.42. The van der Waals surface area contributed by atoms with Gasteiger partial charge in [0.05, 0.1) is 18.8 Å². The highest BCUT2D eigenvalue weighted by Gasteiger charge is 2.29. The second kappa shape index (κ2) is 6.58. The van der Waals surface area contributed by atoms with Crippen molar-refractivity contribution in [3.05, 3.63) is 24.3 Å². The Balaban J connectivity index is 1.61. The Morgan fingerprint density at radius 2 is 2.05 bits per heavy atom. The van der Waals surface area contributed by atoms with Crippen molar-refractivity contribution < 1.29 is 9.53 Å². The van der Waals surface area contributed by atoms with E-state index in [0.29, 0.717) is 0 Å². The van der Waals surface area contributed by atoms with Crippen LogP contribution in [0.15, 0.2) is 24.3 Å². The van der Waals surface area contributed by atoms with Crippen LogP contribution in [0, 0.1) is 0 Å². The Hall–Kier alpha value is -1.40. The monoisotopic (exact) mass is 307 g/mol. The highest BCUT2D eigenvalue weighted by atomic mass is 32.2. The lowest BCUT2D eigenvalue weighted by molar-refractivity contribution is -0.132. The molecule has 6 heteroatoms. The molecule has 1 aromatic carbocycles. The number of rotatable bonds is 3. The summed E-state index contributed by atoms with van der Waals surface area (Å²) in [6.45, 7) is 3.26. The van der Waals surface area contributed by atoms with Gasteiger partial charge in [-0.05, 0) is 12.1 Å². The minimum absolute atomic E-state index is 0.00723. The van der Waals surface area contributed by atoms with E-state index in [1.807, 2.05) is 23.1 Å². The van der Waals surface area contributed by atoms with Crippen LogP contribution in [0.2, 0.25) is 0 Å². The van der Waals surface area contributed by atoms with Crippen molar-refractivity contribution in [2.24, 2.45) is 0 Å². The van der Waals surface area contributed by atoms with Gasteiger partial charge >= 0.3 is 0 Å². The molecule has 1 amide bonds. The summed E-state index contributed by atoms with van der Waals surface area (Å²) in [5.41, 5.74) is 1.11. The summed E-state index contributed by atoms with van der Waals surface area (Å²) in [5.74, 6) is 2.93. The van der Waals surface area contributed by atoms with Gasteiger partial charge in [-0.15, -0.1) is 11.8 Å². The van der Waals surface area contributed by atoms with Crippen LogP contribution in [0.25, 0.3) is 0 Å². The van der Waals surface area contributed by atoms with Crippen LogP contribution < -0.4 is 15.0 Å². The molecule has 0 saturated carbocycles. The van der Waals surface area contributed by atoms with Gasteiger partial charge < -0.3 is 14.5 Å². The van der Waals surface area contributed by atoms with Crippen LogP contribution in [0.3, 0.4) is 0 Å². The number of carbonyl (C=O) groups excluding carboxylic acids is 1. The van der Waals surface area contributed by atoms with Crippen LogP contribution in [-0.2, 0) is 4.79 Å². The SMILES string of the molecule is COc1ccccc1N1CCN(C(=O)C2CSCN2)CC1. The lowest BCUT2D eigenvalue weighted by atomic mass is 10.2. The summed E-state index contributed by atoms with van der Waals surface area (Å²) >= 11 is 1.79. The third-order valence-corrected chi connectivity index (χ3v) is 4.97. The summed E-state index contributed by atoms with van der Waals surface area (Å²) in [6, 6.07) is 8.06. The van der Waals surface area contributed by atoms with E-state index in [0.717, 1.165) is 49.2 Å². The Kier molecular flexibility index (Phi) is 4.55. The molecule has 2 fully saturated rings. The standard InChI is InChI=1S/C15H21N3O2S/c1-20-14-5-3-2-4-13(14)17-6-8-18(9-7-17)15(19)12-10-21-11-16-12/h2-5,12,16H,6-11H2,1H3. The first-order valence-corrected chi connectivity index (χ1v) is 8.43. The molecule has 5 nitrogen and oxygen atoms in total. The summed E-state index contributed by atoms with van der Waals surface area (Å²) in [7, 11) is 1.70. The fraction of sp³-hybridized carbons (Fsp3) is 0.533. The van der Waals surface area contributed by atoms with Crippen LogP contribution in [0.5, 0.6) is 5.75 Å². The van der Waals surface area contributed by atoms with Gasteiger partial charge in [0.25, 0.3) is 0 Å². The summed E-state index contributed by atoms with van der Waals surface area (Å²) in [5, 5.41) is 3.25. The van der Waals surface area contributed by atoms with Gasteiger partial charge in [-0.25, -0.2) is 0 Å². The molecule has 0 aliphatic carbocycles. The van der Waals surface area contributed by atoms with Gasteiger partial charge in [0.1, 0.15) is 5.75 Å². The smallest absolute Gasteiger partial charge is 0.240 e. The molecule has 1 aromatic rings. The zero-order chi connectivity index (χ0) is 14.7. The van der Waals surface area contributed by atoms with Crippen molar-refractivity contribution in [3.63, 3.8) is 0 Å². The van der Waals surface area contributed by atoms with E-state index in [-0.39, 0.29) is 11.9 Å². The summed E-state index contributed by atoms with van der Waals surface area (Å²) in [4.78, 5) is 16.6. The van der Waals surface area contributed by atoms with Crippen molar-refractivity contribution in [2.45, 2.75) is 6.04 Å². The molecule has 2 heterocycles. The Morgan fingerprint density at radius 1 is 1.29 bits per heavy atom. The van der Waals surface area contributed by atoms with Gasteiger partial charge in [-0.1, -0.05) is 12.1 Å². The minimum Gasteiger partial charge on any atom is -0.495 e. The van der Waals surface area contributed by atoms with Crippen molar-refractivity contribution in [1.29, 1.82) is 0 Å². The van der Waals surface area contributed by atoms with E-state index in [9.17, 15) is 4.79 Å². The minimum atomic E-state index is 0.00723. The number of thioether (sulfide) groups is 1. The summed E-state index contributed by atoms with van der Waals surface area (Å²) in [6.07, 6.45) is 0. The molecule has 2 saturated heterocycles. The van der Waals surface area contributed by atoms with Crippen molar-refractivity contribution in [2.75, 3.05) is 49.8 Å². The predicted molar refractivity (Wildman–Crippen MR) is 86.0 cm³/mol. The number of nitrogens with one attached hydrogen (secondary N) is 1. The quantitative estimate of drug-likeness (QED) is 0.903. The fourth-order valence-electron chi connectivity index (χ4n) is 2.83. The lowest BCUT2D eigenvalue weighted by Gasteiger charge is -2.37. The van der Waals surface area contributed by atoms with Crippen LogP contribution in [0.4, 0.5) is 5.69 Å². The molecular formula is C15H21N3O2S. The third kappa shape index (κ3) is 3.11. The van der Waals surface area contributed by atoms with E-state index in [1.165, 1.54) is 0 Å². The van der Waals surface area contributed by atoms with Crippen molar-refractivity contribution in [1.82, 2.24) is 10.2 Å². The molecule has 0 radical (unpaired) electrons. The zero-order valence-corrected chi connectivity index (χ0v) is 13.1. The number of nitrogens with zero attached hydrogens (tertiary/aromatic N) is 2. The molecule has 114 valence electrons. The molecule has 21 heavy (non-hydrogen) atoms. The topological polar surface area (TPSA) is 44.8 Å². The molecule has 2 aliphatic heterocycles. The molecule has 0 spiro atoms. The molecule has 3 rings (SSSR count).